The SMILES string of the molecule is COCCN(C)C(CN)CNC(=O)OC(C)(C)C. The van der Waals surface area contributed by atoms with Gasteiger partial charge in [-0.2, -0.15) is 0 Å². The smallest absolute Gasteiger partial charge is 0.407 e. The van der Waals surface area contributed by atoms with E-state index in [1.54, 1.807) is 7.11 Å². The minimum Gasteiger partial charge on any atom is -0.444 e. The lowest BCUT2D eigenvalue weighted by atomic mass is 10.2. The van der Waals surface area contributed by atoms with Crippen LogP contribution in [0.2, 0.25) is 0 Å². The van der Waals surface area contributed by atoms with E-state index in [2.05, 4.69) is 10.2 Å². The van der Waals surface area contributed by atoms with E-state index in [0.29, 0.717) is 19.7 Å². The second kappa shape index (κ2) is 8.29. The van der Waals surface area contributed by atoms with E-state index in [4.69, 9.17) is 15.2 Å². The van der Waals surface area contributed by atoms with E-state index < -0.39 is 11.7 Å². The van der Waals surface area contributed by atoms with Crippen molar-refractivity contribution in [2.45, 2.75) is 32.4 Å². The molecule has 0 rings (SSSR count). The number of methoxy groups -OCH3 is 1. The topological polar surface area (TPSA) is 76.8 Å². The Morgan fingerprint density at radius 1 is 1.44 bits per heavy atom. The van der Waals surface area contributed by atoms with Crippen LogP contribution in [-0.4, -0.2) is 63.0 Å². The van der Waals surface area contributed by atoms with Crippen LogP contribution in [0.25, 0.3) is 0 Å². The van der Waals surface area contributed by atoms with E-state index in [-0.39, 0.29) is 6.04 Å². The molecule has 0 aromatic carbocycles. The van der Waals surface area contributed by atoms with E-state index in [1.165, 1.54) is 0 Å². The zero-order valence-corrected chi connectivity index (χ0v) is 12.2. The normalized spacial score (nSPS) is 13.5. The summed E-state index contributed by atoms with van der Waals surface area (Å²) in [6, 6.07) is 0.0765. The summed E-state index contributed by atoms with van der Waals surface area (Å²) in [5, 5.41) is 2.72. The highest BCUT2D eigenvalue weighted by atomic mass is 16.6. The average molecular weight is 261 g/mol. The molecule has 108 valence electrons. The van der Waals surface area contributed by atoms with Crippen molar-refractivity contribution in [3.8, 4) is 0 Å². The van der Waals surface area contributed by atoms with Gasteiger partial charge in [0.2, 0.25) is 0 Å². The summed E-state index contributed by atoms with van der Waals surface area (Å²) in [5.74, 6) is 0. The van der Waals surface area contributed by atoms with Crippen molar-refractivity contribution in [3.05, 3.63) is 0 Å². The summed E-state index contributed by atoms with van der Waals surface area (Å²) < 4.78 is 10.2. The van der Waals surface area contributed by atoms with Gasteiger partial charge in [-0.15, -0.1) is 0 Å². The lowest BCUT2D eigenvalue weighted by Crippen LogP contribution is -2.48. The summed E-state index contributed by atoms with van der Waals surface area (Å²) in [4.78, 5) is 13.6. The van der Waals surface area contributed by atoms with Gasteiger partial charge in [0.1, 0.15) is 5.60 Å². The predicted molar refractivity (Wildman–Crippen MR) is 71.6 cm³/mol. The van der Waals surface area contributed by atoms with Crippen LogP contribution in [0, 0.1) is 0 Å². The number of rotatable bonds is 7. The fourth-order valence-corrected chi connectivity index (χ4v) is 1.35. The van der Waals surface area contributed by atoms with Gasteiger partial charge in [-0.1, -0.05) is 0 Å². The Balaban J connectivity index is 4.03. The van der Waals surface area contributed by atoms with Crippen LogP contribution in [0.1, 0.15) is 20.8 Å². The summed E-state index contributed by atoms with van der Waals surface area (Å²) in [7, 11) is 3.61. The van der Waals surface area contributed by atoms with Crippen molar-refractivity contribution < 1.29 is 14.3 Å². The molecule has 0 saturated heterocycles. The van der Waals surface area contributed by atoms with Crippen LogP contribution in [0.3, 0.4) is 0 Å². The Hall–Kier alpha value is -0.850. The molecule has 0 aliphatic rings. The maximum Gasteiger partial charge on any atom is 0.407 e. The lowest BCUT2D eigenvalue weighted by Gasteiger charge is -2.27. The summed E-state index contributed by atoms with van der Waals surface area (Å²) in [6.07, 6.45) is -0.416. The molecule has 1 atom stereocenters. The number of ether oxygens (including phenoxy) is 2. The average Bonchev–Trinajstić information content (AvgIpc) is 2.24. The summed E-state index contributed by atoms with van der Waals surface area (Å²) in [6.45, 7) is 7.84. The van der Waals surface area contributed by atoms with Crippen molar-refractivity contribution >= 4 is 6.09 Å². The zero-order chi connectivity index (χ0) is 14.2. The second-order valence-electron chi connectivity index (χ2n) is 5.25. The molecule has 0 aromatic heterocycles. The zero-order valence-electron chi connectivity index (χ0n) is 12.2. The van der Waals surface area contributed by atoms with Crippen molar-refractivity contribution in [1.29, 1.82) is 0 Å². The van der Waals surface area contributed by atoms with Gasteiger partial charge in [-0.05, 0) is 27.8 Å². The molecule has 0 spiro atoms. The van der Waals surface area contributed by atoms with Gasteiger partial charge < -0.3 is 20.5 Å². The number of nitrogens with two attached hydrogens (primary N) is 1. The van der Waals surface area contributed by atoms with Crippen molar-refractivity contribution in [1.82, 2.24) is 10.2 Å². The largest absolute Gasteiger partial charge is 0.444 e. The maximum atomic E-state index is 11.5. The van der Waals surface area contributed by atoms with Gasteiger partial charge in [0, 0.05) is 32.8 Å². The molecule has 18 heavy (non-hydrogen) atoms. The van der Waals surface area contributed by atoms with Crippen LogP contribution in [0.15, 0.2) is 0 Å². The van der Waals surface area contributed by atoms with Crippen LogP contribution >= 0.6 is 0 Å². The number of hydrogen-bond acceptors (Lipinski definition) is 5. The van der Waals surface area contributed by atoms with Gasteiger partial charge >= 0.3 is 6.09 Å². The molecule has 0 aliphatic carbocycles. The van der Waals surface area contributed by atoms with Crippen molar-refractivity contribution in [2.75, 3.05) is 40.4 Å². The van der Waals surface area contributed by atoms with E-state index >= 15 is 0 Å². The fraction of sp³-hybridized carbons (Fsp3) is 0.917. The first kappa shape index (κ1) is 17.2. The fourth-order valence-electron chi connectivity index (χ4n) is 1.35. The molecule has 1 amide bonds. The second-order valence-corrected chi connectivity index (χ2v) is 5.25. The predicted octanol–water partition coefficient (Wildman–Crippen LogP) is 0.417. The molecule has 6 nitrogen and oxygen atoms in total. The number of amides is 1. The molecular formula is C12H27N3O3. The molecule has 1 unspecified atom stereocenters. The van der Waals surface area contributed by atoms with Crippen LogP contribution in [-0.2, 0) is 9.47 Å². The molecule has 0 aliphatic heterocycles. The van der Waals surface area contributed by atoms with Crippen LogP contribution in [0.5, 0.6) is 0 Å². The molecule has 3 N–H and O–H groups in total. The number of nitrogens with one attached hydrogen (secondary N) is 1. The van der Waals surface area contributed by atoms with Gasteiger partial charge in [-0.25, -0.2) is 4.79 Å². The third-order valence-corrected chi connectivity index (χ3v) is 2.42. The quantitative estimate of drug-likeness (QED) is 0.694. The Morgan fingerprint density at radius 2 is 2.06 bits per heavy atom. The highest BCUT2D eigenvalue weighted by molar-refractivity contribution is 5.67. The lowest BCUT2D eigenvalue weighted by molar-refractivity contribution is 0.0508. The summed E-state index contributed by atoms with van der Waals surface area (Å²) >= 11 is 0. The maximum absolute atomic E-state index is 11.5. The molecule has 0 heterocycles. The van der Waals surface area contributed by atoms with Gasteiger partial charge in [0.15, 0.2) is 0 Å². The minimum atomic E-state index is -0.482. The highest BCUT2D eigenvalue weighted by Gasteiger charge is 2.18. The first-order valence-corrected chi connectivity index (χ1v) is 6.16. The van der Waals surface area contributed by atoms with E-state index in [9.17, 15) is 4.79 Å². The Kier molecular flexibility index (Phi) is 7.90. The van der Waals surface area contributed by atoms with Crippen LogP contribution < -0.4 is 11.1 Å². The number of hydrogen-bond donors (Lipinski definition) is 2. The van der Waals surface area contributed by atoms with Gasteiger partial charge in [-0.3, -0.25) is 4.90 Å². The molecule has 0 fully saturated rings. The molecule has 6 heteroatoms. The highest BCUT2D eigenvalue weighted by Crippen LogP contribution is 2.06. The molecule has 0 radical (unpaired) electrons. The standard InChI is InChI=1S/C12H27N3O3/c1-12(2,3)18-11(16)14-9-10(8-13)15(4)6-7-17-5/h10H,6-9,13H2,1-5H3,(H,14,16). The third kappa shape index (κ3) is 8.27. The molecule has 0 aromatic rings. The Labute approximate surface area is 110 Å². The molecular weight excluding hydrogens is 234 g/mol. The Bertz CT molecular complexity index is 241. The number of nitrogens with zero attached hydrogens (tertiary/aromatic N) is 1. The van der Waals surface area contributed by atoms with Gasteiger partial charge in [0.05, 0.1) is 6.61 Å². The number of carbonyl (C=O) groups excluding carboxylic acids is 1. The molecule has 0 bridgehead atoms. The van der Waals surface area contributed by atoms with Crippen molar-refractivity contribution in [3.63, 3.8) is 0 Å². The molecule has 0 saturated carbocycles. The van der Waals surface area contributed by atoms with E-state index in [0.717, 1.165) is 6.54 Å². The summed E-state index contributed by atoms with van der Waals surface area (Å²) in [5.41, 5.74) is 5.20. The number of carbonyl (C=O) groups is 1. The number of alkyl carbamates (subject to hydrolysis) is 1. The van der Waals surface area contributed by atoms with Crippen LogP contribution in [0.4, 0.5) is 4.79 Å². The number of likely N-dealkylation sites (N-methyl/N-ethyl adjacent to an activating group) is 1. The monoisotopic (exact) mass is 261 g/mol. The van der Waals surface area contributed by atoms with Gasteiger partial charge in [0.25, 0.3) is 0 Å². The Morgan fingerprint density at radius 3 is 2.50 bits per heavy atom. The first-order valence-electron chi connectivity index (χ1n) is 6.16. The van der Waals surface area contributed by atoms with E-state index in [1.807, 2.05) is 27.8 Å². The third-order valence-electron chi connectivity index (χ3n) is 2.42. The minimum absolute atomic E-state index is 0.0765. The first-order chi connectivity index (χ1) is 8.30. The van der Waals surface area contributed by atoms with Crippen molar-refractivity contribution in [2.24, 2.45) is 5.73 Å².